The van der Waals surface area contributed by atoms with Crippen LogP contribution < -0.4 is 0 Å². The maximum absolute atomic E-state index is 16.9. The summed E-state index contributed by atoms with van der Waals surface area (Å²) < 4.78 is 36.9. The van der Waals surface area contributed by atoms with E-state index < -0.39 is 57.8 Å². The van der Waals surface area contributed by atoms with E-state index in [2.05, 4.69) is 0 Å². The van der Waals surface area contributed by atoms with Crippen LogP contribution in [0.2, 0.25) is 0 Å². The van der Waals surface area contributed by atoms with Crippen LogP contribution in [-0.2, 0) is 14.3 Å². The summed E-state index contributed by atoms with van der Waals surface area (Å²) in [7, 11) is 1.18. The highest BCUT2D eigenvalue weighted by Crippen LogP contribution is 2.70. The van der Waals surface area contributed by atoms with Crippen molar-refractivity contribution < 1.29 is 33.3 Å². The molecule has 0 heterocycles. The van der Waals surface area contributed by atoms with Gasteiger partial charge in [-0.05, 0) is 43.3 Å². The van der Waals surface area contributed by atoms with Crippen molar-refractivity contribution in [3.8, 4) is 0 Å². The van der Waals surface area contributed by atoms with Gasteiger partial charge in [0.15, 0.2) is 17.1 Å². The standard InChI is InChI=1S/C22H28F2O5/c1-11-7-13-14-9-16(23)15-8-12(25)5-6-19(15,2)21(14,24)17(26)10-20(13,3)22(11,28)18(27)29-4/h8-9,11,13-14,17,26,28H,5-7,10H2,1-4H3. The summed E-state index contributed by atoms with van der Waals surface area (Å²) in [4.78, 5) is 24.4. The second kappa shape index (κ2) is 5.97. The summed E-state index contributed by atoms with van der Waals surface area (Å²) >= 11 is 0. The first-order valence-electron chi connectivity index (χ1n) is 10.2. The van der Waals surface area contributed by atoms with E-state index in [9.17, 15) is 19.8 Å². The van der Waals surface area contributed by atoms with Gasteiger partial charge in [0, 0.05) is 28.7 Å². The van der Waals surface area contributed by atoms with Crippen LogP contribution in [0.3, 0.4) is 0 Å². The van der Waals surface area contributed by atoms with Crippen LogP contribution in [0.5, 0.6) is 0 Å². The van der Waals surface area contributed by atoms with Gasteiger partial charge in [0.25, 0.3) is 0 Å². The van der Waals surface area contributed by atoms with Gasteiger partial charge < -0.3 is 14.9 Å². The molecule has 4 aliphatic carbocycles. The number of aliphatic hydroxyl groups is 2. The Kier molecular flexibility index (Phi) is 4.26. The van der Waals surface area contributed by atoms with Gasteiger partial charge >= 0.3 is 5.97 Å². The Balaban J connectivity index is 1.91. The number of methoxy groups -OCH3 is 1. The monoisotopic (exact) mass is 410 g/mol. The van der Waals surface area contributed by atoms with Gasteiger partial charge in [0.1, 0.15) is 5.83 Å². The van der Waals surface area contributed by atoms with Crippen LogP contribution in [-0.4, -0.2) is 46.4 Å². The first kappa shape index (κ1) is 20.7. The largest absolute Gasteiger partial charge is 0.467 e. The summed E-state index contributed by atoms with van der Waals surface area (Å²) in [6.07, 6.45) is 1.10. The number of halogens is 2. The van der Waals surface area contributed by atoms with Gasteiger partial charge in [0.05, 0.1) is 13.2 Å². The second-order valence-electron chi connectivity index (χ2n) is 9.80. The van der Waals surface area contributed by atoms with Crippen molar-refractivity contribution in [3.63, 3.8) is 0 Å². The third kappa shape index (κ3) is 2.16. The van der Waals surface area contributed by atoms with Gasteiger partial charge in [-0.1, -0.05) is 20.8 Å². The van der Waals surface area contributed by atoms with Crippen LogP contribution >= 0.6 is 0 Å². The van der Waals surface area contributed by atoms with E-state index in [-0.39, 0.29) is 30.6 Å². The zero-order valence-electron chi connectivity index (χ0n) is 17.2. The summed E-state index contributed by atoms with van der Waals surface area (Å²) in [5, 5.41) is 22.5. The molecule has 2 fully saturated rings. The molecule has 0 saturated heterocycles. The topological polar surface area (TPSA) is 83.8 Å². The summed E-state index contributed by atoms with van der Waals surface area (Å²) in [5.74, 6) is -3.88. The van der Waals surface area contributed by atoms with Gasteiger partial charge in [-0.25, -0.2) is 13.6 Å². The second-order valence-corrected chi connectivity index (χ2v) is 9.80. The predicted molar refractivity (Wildman–Crippen MR) is 99.9 cm³/mol. The Bertz CT molecular complexity index is 852. The van der Waals surface area contributed by atoms with Gasteiger partial charge in [-0.15, -0.1) is 0 Å². The average molecular weight is 410 g/mol. The third-order valence-corrected chi connectivity index (χ3v) is 8.73. The molecule has 0 spiro atoms. The molecule has 0 aliphatic heterocycles. The molecule has 8 atom stereocenters. The maximum Gasteiger partial charge on any atom is 0.338 e. The average Bonchev–Trinajstić information content (AvgIpc) is 2.86. The minimum absolute atomic E-state index is 0.00410. The molecule has 8 unspecified atom stereocenters. The first-order chi connectivity index (χ1) is 13.4. The number of ether oxygens (including phenoxy) is 1. The van der Waals surface area contributed by atoms with E-state index in [4.69, 9.17) is 4.74 Å². The number of ketones is 1. The number of carbonyl (C=O) groups is 2. The fourth-order valence-electron chi connectivity index (χ4n) is 7.01. The highest BCUT2D eigenvalue weighted by Gasteiger charge is 2.76. The van der Waals surface area contributed by atoms with E-state index >= 15 is 8.78 Å². The predicted octanol–water partition coefficient (Wildman–Crippen LogP) is 2.80. The zero-order valence-corrected chi connectivity index (χ0v) is 17.2. The van der Waals surface area contributed by atoms with E-state index in [0.717, 1.165) is 12.2 Å². The van der Waals surface area contributed by atoms with Crippen LogP contribution in [0.4, 0.5) is 8.78 Å². The molecule has 160 valence electrons. The number of hydrogen-bond acceptors (Lipinski definition) is 5. The number of aliphatic hydroxyl groups excluding tert-OH is 1. The van der Waals surface area contributed by atoms with Crippen LogP contribution in [0, 0.1) is 28.6 Å². The quantitative estimate of drug-likeness (QED) is 0.650. The molecule has 0 bridgehead atoms. The number of fused-ring (bicyclic) bond motifs is 5. The molecule has 4 rings (SSSR count). The highest BCUT2D eigenvalue weighted by atomic mass is 19.1. The lowest BCUT2D eigenvalue weighted by Crippen LogP contribution is -2.69. The maximum atomic E-state index is 16.9. The number of esters is 1. The lowest BCUT2D eigenvalue weighted by molar-refractivity contribution is -0.221. The normalized spacial score (nSPS) is 51.4. The molecule has 2 N–H and O–H groups in total. The Morgan fingerprint density at radius 1 is 1.34 bits per heavy atom. The van der Waals surface area contributed by atoms with Crippen molar-refractivity contribution in [3.05, 3.63) is 23.6 Å². The molecule has 29 heavy (non-hydrogen) atoms. The van der Waals surface area contributed by atoms with E-state index in [0.29, 0.717) is 6.42 Å². The molecule has 7 heteroatoms. The van der Waals surface area contributed by atoms with Crippen LogP contribution in [0.1, 0.15) is 46.5 Å². The lowest BCUT2D eigenvalue weighted by atomic mass is 9.45. The Labute approximate surface area is 168 Å². The molecule has 0 aromatic carbocycles. The number of hydrogen-bond donors (Lipinski definition) is 2. The van der Waals surface area contributed by atoms with Crippen molar-refractivity contribution in [2.75, 3.05) is 7.11 Å². The van der Waals surface area contributed by atoms with Gasteiger partial charge in [0.2, 0.25) is 0 Å². The first-order valence-corrected chi connectivity index (χ1v) is 10.2. The van der Waals surface area contributed by atoms with Crippen molar-refractivity contribution in [1.29, 1.82) is 0 Å². The molecule has 0 radical (unpaired) electrons. The Hall–Kier alpha value is -1.60. The molecule has 5 nitrogen and oxygen atoms in total. The number of allylic oxidation sites excluding steroid dienone is 4. The minimum Gasteiger partial charge on any atom is -0.467 e. The number of carbonyl (C=O) groups excluding carboxylic acids is 2. The highest BCUT2D eigenvalue weighted by molar-refractivity contribution is 5.92. The Morgan fingerprint density at radius 3 is 2.62 bits per heavy atom. The SMILES string of the molecule is COC(=O)C1(O)C(C)CC2C3C=C(F)C4=CC(=O)CCC4(C)C3(F)C(O)CC21C. The summed E-state index contributed by atoms with van der Waals surface area (Å²) in [6, 6.07) is 0. The van der Waals surface area contributed by atoms with E-state index in [1.807, 2.05) is 0 Å². The molecule has 2 saturated carbocycles. The fraction of sp³-hybridized carbons (Fsp3) is 0.727. The molecular formula is C22H28F2O5. The van der Waals surface area contributed by atoms with Gasteiger partial charge in [-0.2, -0.15) is 0 Å². The van der Waals surface area contributed by atoms with Crippen LogP contribution in [0.15, 0.2) is 23.6 Å². The van der Waals surface area contributed by atoms with Crippen molar-refractivity contribution in [1.82, 2.24) is 0 Å². The summed E-state index contributed by atoms with van der Waals surface area (Å²) in [5.41, 5.74) is -6.65. The molecular weight excluding hydrogens is 382 g/mol. The molecule has 0 amide bonds. The molecule has 0 aromatic rings. The van der Waals surface area contributed by atoms with E-state index in [1.54, 1.807) is 20.8 Å². The third-order valence-electron chi connectivity index (χ3n) is 8.73. The molecule has 0 aromatic heterocycles. The molecule has 4 aliphatic rings. The van der Waals surface area contributed by atoms with Crippen molar-refractivity contribution in [2.45, 2.75) is 63.8 Å². The van der Waals surface area contributed by atoms with Gasteiger partial charge in [-0.3, -0.25) is 4.79 Å². The lowest BCUT2D eigenvalue weighted by Gasteiger charge is -2.61. The summed E-state index contributed by atoms with van der Waals surface area (Å²) in [6.45, 7) is 4.92. The number of rotatable bonds is 1. The van der Waals surface area contributed by atoms with E-state index in [1.165, 1.54) is 7.11 Å². The fourth-order valence-corrected chi connectivity index (χ4v) is 7.01. The van der Waals surface area contributed by atoms with Crippen molar-refractivity contribution in [2.24, 2.45) is 28.6 Å². The smallest absolute Gasteiger partial charge is 0.338 e. The van der Waals surface area contributed by atoms with Crippen molar-refractivity contribution >= 4 is 11.8 Å². The minimum atomic E-state index is -2.21. The Morgan fingerprint density at radius 2 is 2.00 bits per heavy atom. The zero-order chi connectivity index (χ0) is 21.6. The number of alkyl halides is 1. The van der Waals surface area contributed by atoms with Crippen LogP contribution in [0.25, 0.3) is 0 Å².